The molecule has 1 aliphatic heterocycles. The topological polar surface area (TPSA) is 52.3 Å². The van der Waals surface area contributed by atoms with E-state index in [1.807, 2.05) is 12.2 Å². The molecule has 1 amide bonds. The van der Waals surface area contributed by atoms with E-state index in [2.05, 4.69) is 0 Å². The molecule has 0 saturated heterocycles. The summed E-state index contributed by atoms with van der Waals surface area (Å²) in [6.45, 7) is 0.420. The first-order valence-corrected chi connectivity index (χ1v) is 5.18. The molecule has 1 aliphatic rings. The van der Waals surface area contributed by atoms with E-state index in [9.17, 15) is 4.79 Å². The predicted octanol–water partition coefficient (Wildman–Crippen LogP) is 2.31. The fourth-order valence-corrected chi connectivity index (χ4v) is 1.57. The first-order valence-electron chi connectivity index (χ1n) is 4.74. The smallest absolute Gasteiger partial charge is 0.248 e. The van der Waals surface area contributed by atoms with Crippen molar-refractivity contribution >= 4 is 23.6 Å². The third kappa shape index (κ3) is 2.09. The van der Waals surface area contributed by atoms with Gasteiger partial charge in [-0.15, -0.1) is 0 Å². The van der Waals surface area contributed by atoms with Gasteiger partial charge in [-0.25, -0.2) is 0 Å². The number of primary amides is 1. The molecule has 1 aromatic carbocycles. The summed E-state index contributed by atoms with van der Waals surface area (Å²) in [5.74, 6) is 0.267. The monoisotopic (exact) mass is 235 g/mol. The summed E-state index contributed by atoms with van der Waals surface area (Å²) in [6.07, 6.45) is 3.70. The molecule has 16 heavy (non-hydrogen) atoms. The average molecular weight is 236 g/mol. The zero-order chi connectivity index (χ0) is 11.5. The summed E-state index contributed by atoms with van der Waals surface area (Å²) in [6, 6.07) is 5.08. The van der Waals surface area contributed by atoms with Gasteiger partial charge in [0.25, 0.3) is 0 Å². The van der Waals surface area contributed by atoms with Crippen LogP contribution in [0.1, 0.15) is 15.9 Å². The lowest BCUT2D eigenvalue weighted by molar-refractivity contribution is 0.1000. The van der Waals surface area contributed by atoms with Crippen molar-refractivity contribution in [2.24, 2.45) is 5.73 Å². The number of hydrogen-bond donors (Lipinski definition) is 1. The molecule has 1 aromatic rings. The zero-order valence-corrected chi connectivity index (χ0v) is 9.20. The molecule has 3 nitrogen and oxygen atoms in total. The van der Waals surface area contributed by atoms with E-state index in [0.29, 0.717) is 12.2 Å². The predicted molar refractivity (Wildman–Crippen MR) is 63.4 cm³/mol. The van der Waals surface area contributed by atoms with E-state index in [4.69, 9.17) is 22.1 Å². The van der Waals surface area contributed by atoms with Gasteiger partial charge in [-0.3, -0.25) is 4.79 Å². The van der Waals surface area contributed by atoms with Gasteiger partial charge in [-0.1, -0.05) is 23.8 Å². The van der Waals surface area contributed by atoms with E-state index >= 15 is 0 Å². The highest BCUT2D eigenvalue weighted by Crippen LogP contribution is 2.25. The third-order valence-electron chi connectivity index (χ3n) is 2.31. The number of benzene rings is 1. The highest BCUT2D eigenvalue weighted by Gasteiger charge is 2.09. The van der Waals surface area contributed by atoms with Crippen molar-refractivity contribution in [2.75, 3.05) is 6.61 Å². The van der Waals surface area contributed by atoms with Crippen LogP contribution in [0.15, 0.2) is 35.4 Å². The van der Waals surface area contributed by atoms with Gasteiger partial charge in [-0.05, 0) is 18.2 Å². The Morgan fingerprint density at radius 1 is 1.44 bits per heavy atom. The lowest BCUT2D eigenvalue weighted by Crippen LogP contribution is -2.11. The summed E-state index contributed by atoms with van der Waals surface area (Å²) in [5, 5.41) is 0. The molecule has 0 unspecified atom stereocenters. The van der Waals surface area contributed by atoms with Gasteiger partial charge in [0.05, 0.1) is 0 Å². The molecular formula is C12H10ClNO2. The Kier molecular flexibility index (Phi) is 2.97. The Hall–Kier alpha value is -1.74. The minimum Gasteiger partial charge on any atom is -0.488 e. The van der Waals surface area contributed by atoms with Gasteiger partial charge < -0.3 is 10.5 Å². The van der Waals surface area contributed by atoms with Crippen LogP contribution in [0, 0.1) is 0 Å². The second-order valence-electron chi connectivity index (χ2n) is 3.42. The maximum atomic E-state index is 11.0. The molecule has 4 heteroatoms. The Morgan fingerprint density at radius 2 is 2.25 bits per heavy atom. The van der Waals surface area contributed by atoms with E-state index in [0.717, 1.165) is 16.9 Å². The molecule has 0 fully saturated rings. The Morgan fingerprint density at radius 3 is 2.94 bits per heavy atom. The molecular weight excluding hydrogens is 226 g/mol. The number of carbonyl (C=O) groups excluding carboxylic acids is 1. The standard InChI is InChI=1S/C12H10ClNO2/c13-6-8-1-2-9-5-10(12(14)15)3-4-11(9)16-7-8/h1-6H,7H2,(H2,14,15)/b8-6+. The number of nitrogens with two attached hydrogens (primary N) is 1. The number of hydrogen-bond acceptors (Lipinski definition) is 2. The molecule has 2 rings (SSSR count). The van der Waals surface area contributed by atoms with Gasteiger partial charge in [0.2, 0.25) is 5.91 Å². The molecule has 0 radical (unpaired) electrons. The number of fused-ring (bicyclic) bond motifs is 1. The van der Waals surface area contributed by atoms with Crippen molar-refractivity contribution in [1.82, 2.24) is 0 Å². The van der Waals surface area contributed by atoms with Gasteiger partial charge in [0.1, 0.15) is 12.4 Å². The average Bonchev–Trinajstić information content (AvgIpc) is 2.50. The normalized spacial score (nSPS) is 16.4. The number of halogens is 1. The molecule has 82 valence electrons. The van der Waals surface area contributed by atoms with Gasteiger partial charge in [-0.2, -0.15) is 0 Å². The largest absolute Gasteiger partial charge is 0.488 e. The summed E-state index contributed by atoms with van der Waals surface area (Å²) < 4.78 is 5.52. The third-order valence-corrected chi connectivity index (χ3v) is 2.59. The molecule has 0 saturated carbocycles. The Balaban J connectivity index is 2.43. The first kappa shape index (κ1) is 10.8. The highest BCUT2D eigenvalue weighted by atomic mass is 35.5. The highest BCUT2D eigenvalue weighted by molar-refractivity contribution is 6.25. The van der Waals surface area contributed by atoms with Crippen LogP contribution < -0.4 is 10.5 Å². The molecule has 0 bridgehead atoms. The van der Waals surface area contributed by atoms with Crippen LogP contribution in [-0.4, -0.2) is 12.5 Å². The lowest BCUT2D eigenvalue weighted by atomic mass is 10.1. The summed E-state index contributed by atoms with van der Waals surface area (Å²) >= 11 is 5.61. The van der Waals surface area contributed by atoms with Crippen LogP contribution in [-0.2, 0) is 0 Å². The quantitative estimate of drug-likeness (QED) is 0.812. The van der Waals surface area contributed by atoms with E-state index in [1.54, 1.807) is 18.2 Å². The van der Waals surface area contributed by atoms with Crippen molar-refractivity contribution in [3.63, 3.8) is 0 Å². The zero-order valence-electron chi connectivity index (χ0n) is 8.44. The van der Waals surface area contributed by atoms with Crippen molar-refractivity contribution in [1.29, 1.82) is 0 Å². The second kappa shape index (κ2) is 4.41. The van der Waals surface area contributed by atoms with E-state index < -0.39 is 5.91 Å². The summed E-state index contributed by atoms with van der Waals surface area (Å²) in [5.41, 5.74) is 8.83. The molecule has 1 heterocycles. The summed E-state index contributed by atoms with van der Waals surface area (Å²) in [4.78, 5) is 11.0. The van der Waals surface area contributed by atoms with Crippen LogP contribution in [0.3, 0.4) is 0 Å². The SMILES string of the molecule is NC(=O)c1ccc2c(c1)C=C/C(=C\Cl)CO2. The van der Waals surface area contributed by atoms with Crippen molar-refractivity contribution in [3.8, 4) is 5.75 Å². The fraction of sp³-hybridized carbons (Fsp3) is 0.0833. The van der Waals surface area contributed by atoms with E-state index in [-0.39, 0.29) is 0 Å². The minimum atomic E-state index is -0.450. The number of carbonyl (C=O) groups is 1. The molecule has 0 spiro atoms. The van der Waals surface area contributed by atoms with Crippen molar-refractivity contribution < 1.29 is 9.53 Å². The van der Waals surface area contributed by atoms with Gasteiger partial charge in [0, 0.05) is 22.2 Å². The van der Waals surface area contributed by atoms with Crippen LogP contribution in [0.2, 0.25) is 0 Å². The Bertz CT molecular complexity index is 492. The van der Waals surface area contributed by atoms with Gasteiger partial charge >= 0.3 is 0 Å². The molecule has 2 N–H and O–H groups in total. The molecule has 0 aromatic heterocycles. The fourth-order valence-electron chi connectivity index (χ4n) is 1.44. The van der Waals surface area contributed by atoms with Crippen LogP contribution >= 0.6 is 11.6 Å². The molecule has 0 atom stereocenters. The van der Waals surface area contributed by atoms with Crippen LogP contribution in [0.5, 0.6) is 5.75 Å². The van der Waals surface area contributed by atoms with Crippen molar-refractivity contribution in [3.05, 3.63) is 46.5 Å². The Labute approximate surface area is 98.2 Å². The van der Waals surface area contributed by atoms with Crippen LogP contribution in [0.25, 0.3) is 6.08 Å². The van der Waals surface area contributed by atoms with E-state index in [1.165, 1.54) is 5.54 Å². The first-order chi connectivity index (χ1) is 7.70. The maximum absolute atomic E-state index is 11.0. The second-order valence-corrected chi connectivity index (χ2v) is 3.64. The summed E-state index contributed by atoms with van der Waals surface area (Å²) in [7, 11) is 0. The number of rotatable bonds is 1. The number of amides is 1. The number of ether oxygens (including phenoxy) is 1. The van der Waals surface area contributed by atoms with Crippen LogP contribution in [0.4, 0.5) is 0 Å². The lowest BCUT2D eigenvalue weighted by Gasteiger charge is -2.07. The minimum absolute atomic E-state index is 0.420. The van der Waals surface area contributed by atoms with Gasteiger partial charge in [0.15, 0.2) is 0 Å². The maximum Gasteiger partial charge on any atom is 0.248 e. The molecule has 0 aliphatic carbocycles. The van der Waals surface area contributed by atoms with Crippen molar-refractivity contribution in [2.45, 2.75) is 0 Å².